The van der Waals surface area contributed by atoms with Crippen LogP contribution in [0.2, 0.25) is 5.02 Å². The standard InChI is InChI=1S/C14H12BrClO2/c1-9(17)10-2-5-12(6-3-10)18-14-8-11(15)4-7-13(14)16/h2-9,17H,1H3. The van der Waals surface area contributed by atoms with Crippen molar-refractivity contribution in [1.29, 1.82) is 0 Å². The van der Waals surface area contributed by atoms with Crippen molar-refractivity contribution in [2.45, 2.75) is 13.0 Å². The molecule has 0 saturated heterocycles. The molecule has 0 aliphatic carbocycles. The Labute approximate surface area is 119 Å². The first-order chi connectivity index (χ1) is 8.56. The first-order valence-corrected chi connectivity index (χ1v) is 6.64. The molecule has 0 bridgehead atoms. The van der Waals surface area contributed by atoms with Crippen LogP contribution >= 0.6 is 27.5 Å². The minimum absolute atomic E-state index is 0.478. The molecule has 1 unspecified atom stereocenters. The highest BCUT2D eigenvalue weighted by Crippen LogP contribution is 2.32. The number of halogens is 2. The second-order valence-electron chi connectivity index (χ2n) is 3.92. The number of ether oxygens (including phenoxy) is 1. The lowest BCUT2D eigenvalue weighted by atomic mass is 10.1. The van der Waals surface area contributed by atoms with Crippen molar-refractivity contribution < 1.29 is 9.84 Å². The average Bonchev–Trinajstić information content (AvgIpc) is 2.34. The normalized spacial score (nSPS) is 12.2. The molecule has 0 aliphatic rings. The van der Waals surface area contributed by atoms with Crippen LogP contribution in [0.15, 0.2) is 46.9 Å². The van der Waals surface area contributed by atoms with E-state index < -0.39 is 6.10 Å². The summed E-state index contributed by atoms with van der Waals surface area (Å²) in [4.78, 5) is 0. The summed E-state index contributed by atoms with van der Waals surface area (Å²) in [7, 11) is 0. The van der Waals surface area contributed by atoms with E-state index >= 15 is 0 Å². The smallest absolute Gasteiger partial charge is 0.147 e. The van der Waals surface area contributed by atoms with Crippen molar-refractivity contribution in [2.24, 2.45) is 0 Å². The fourth-order valence-corrected chi connectivity index (χ4v) is 1.99. The van der Waals surface area contributed by atoms with Crippen molar-refractivity contribution in [3.63, 3.8) is 0 Å². The number of rotatable bonds is 3. The Kier molecular flexibility index (Phi) is 4.27. The molecule has 4 heteroatoms. The minimum Gasteiger partial charge on any atom is -0.456 e. The molecule has 1 N–H and O–H groups in total. The van der Waals surface area contributed by atoms with Gasteiger partial charge in [-0.05, 0) is 42.8 Å². The number of hydrogen-bond donors (Lipinski definition) is 1. The van der Waals surface area contributed by atoms with E-state index in [1.807, 2.05) is 24.3 Å². The van der Waals surface area contributed by atoms with Crippen molar-refractivity contribution in [3.05, 3.63) is 57.5 Å². The molecule has 0 aliphatic heterocycles. The molecule has 2 aromatic rings. The topological polar surface area (TPSA) is 29.5 Å². The molecule has 2 nitrogen and oxygen atoms in total. The van der Waals surface area contributed by atoms with E-state index in [0.29, 0.717) is 16.5 Å². The third-order valence-corrected chi connectivity index (χ3v) is 3.29. The van der Waals surface area contributed by atoms with E-state index in [9.17, 15) is 5.11 Å². The first-order valence-electron chi connectivity index (χ1n) is 5.47. The Balaban J connectivity index is 2.21. The Morgan fingerprint density at radius 2 is 1.83 bits per heavy atom. The predicted octanol–water partition coefficient (Wildman–Crippen LogP) is 4.95. The van der Waals surface area contributed by atoms with Gasteiger partial charge in [-0.3, -0.25) is 0 Å². The molecule has 0 fully saturated rings. The van der Waals surface area contributed by atoms with Gasteiger partial charge in [0.05, 0.1) is 11.1 Å². The molecule has 0 saturated carbocycles. The van der Waals surface area contributed by atoms with Gasteiger partial charge in [0.1, 0.15) is 11.5 Å². The highest BCUT2D eigenvalue weighted by Gasteiger charge is 2.05. The largest absolute Gasteiger partial charge is 0.456 e. The lowest BCUT2D eigenvalue weighted by Gasteiger charge is -2.09. The van der Waals surface area contributed by atoms with Gasteiger partial charge in [0, 0.05) is 4.47 Å². The van der Waals surface area contributed by atoms with Crippen LogP contribution in [0, 0.1) is 0 Å². The summed E-state index contributed by atoms with van der Waals surface area (Å²) in [5, 5.41) is 9.97. The van der Waals surface area contributed by atoms with Crippen molar-refractivity contribution >= 4 is 27.5 Å². The van der Waals surface area contributed by atoms with E-state index in [1.54, 1.807) is 25.1 Å². The Morgan fingerprint density at radius 3 is 2.44 bits per heavy atom. The van der Waals surface area contributed by atoms with Crippen molar-refractivity contribution in [3.8, 4) is 11.5 Å². The van der Waals surface area contributed by atoms with Crippen LogP contribution in [-0.2, 0) is 0 Å². The van der Waals surface area contributed by atoms with Gasteiger partial charge in [0.2, 0.25) is 0 Å². The maximum absolute atomic E-state index is 9.42. The predicted molar refractivity (Wildman–Crippen MR) is 76.3 cm³/mol. The van der Waals surface area contributed by atoms with Crippen LogP contribution in [0.25, 0.3) is 0 Å². The third-order valence-electron chi connectivity index (χ3n) is 2.48. The zero-order chi connectivity index (χ0) is 13.1. The summed E-state index contributed by atoms with van der Waals surface area (Å²) in [5.74, 6) is 1.27. The second-order valence-corrected chi connectivity index (χ2v) is 5.24. The first kappa shape index (κ1) is 13.4. The molecular weight excluding hydrogens is 316 g/mol. The Hall–Kier alpha value is -1.03. The summed E-state index contributed by atoms with van der Waals surface area (Å²) in [6, 6.07) is 12.7. The lowest BCUT2D eigenvalue weighted by Crippen LogP contribution is -1.91. The fourth-order valence-electron chi connectivity index (χ4n) is 1.50. The van der Waals surface area contributed by atoms with E-state index in [2.05, 4.69) is 15.9 Å². The van der Waals surface area contributed by atoms with Crippen LogP contribution in [-0.4, -0.2) is 5.11 Å². The lowest BCUT2D eigenvalue weighted by molar-refractivity contribution is 0.199. The maximum Gasteiger partial charge on any atom is 0.147 e. The van der Waals surface area contributed by atoms with Crippen LogP contribution < -0.4 is 4.74 Å². The van der Waals surface area contributed by atoms with E-state index in [-0.39, 0.29) is 0 Å². The number of aliphatic hydroxyl groups is 1. The molecular formula is C14H12BrClO2. The monoisotopic (exact) mass is 326 g/mol. The fraction of sp³-hybridized carbons (Fsp3) is 0.143. The third kappa shape index (κ3) is 3.25. The van der Waals surface area contributed by atoms with Crippen molar-refractivity contribution in [2.75, 3.05) is 0 Å². The molecule has 18 heavy (non-hydrogen) atoms. The van der Waals surface area contributed by atoms with Crippen LogP contribution in [0.3, 0.4) is 0 Å². The van der Waals surface area contributed by atoms with Gasteiger partial charge >= 0.3 is 0 Å². The summed E-state index contributed by atoms with van der Waals surface area (Å²) >= 11 is 9.41. The van der Waals surface area contributed by atoms with Gasteiger partial charge in [0.15, 0.2) is 0 Å². The van der Waals surface area contributed by atoms with Gasteiger partial charge in [-0.25, -0.2) is 0 Å². The number of benzene rings is 2. The minimum atomic E-state index is -0.478. The summed E-state index contributed by atoms with van der Waals surface area (Å²) in [5.41, 5.74) is 0.850. The average molecular weight is 328 g/mol. The highest BCUT2D eigenvalue weighted by molar-refractivity contribution is 9.10. The number of aliphatic hydroxyl groups excluding tert-OH is 1. The van der Waals surface area contributed by atoms with Gasteiger partial charge in [-0.15, -0.1) is 0 Å². The Morgan fingerprint density at radius 1 is 1.17 bits per heavy atom. The molecule has 94 valence electrons. The van der Waals surface area contributed by atoms with Gasteiger partial charge in [-0.2, -0.15) is 0 Å². The molecule has 2 rings (SSSR count). The zero-order valence-corrected chi connectivity index (χ0v) is 12.1. The molecule has 0 aromatic heterocycles. The van der Waals surface area contributed by atoms with Gasteiger partial charge in [0.25, 0.3) is 0 Å². The Bertz CT molecular complexity index is 538. The quantitative estimate of drug-likeness (QED) is 0.864. The van der Waals surface area contributed by atoms with E-state index in [0.717, 1.165) is 10.0 Å². The second kappa shape index (κ2) is 5.74. The molecule has 0 amide bonds. The van der Waals surface area contributed by atoms with E-state index in [4.69, 9.17) is 16.3 Å². The molecule has 2 aromatic carbocycles. The molecule has 0 radical (unpaired) electrons. The summed E-state index contributed by atoms with van der Waals surface area (Å²) in [6.07, 6.45) is -0.478. The SMILES string of the molecule is CC(O)c1ccc(Oc2cc(Br)ccc2Cl)cc1. The maximum atomic E-state index is 9.42. The molecule has 1 atom stereocenters. The zero-order valence-electron chi connectivity index (χ0n) is 9.73. The summed E-state index contributed by atoms with van der Waals surface area (Å²) in [6.45, 7) is 1.72. The van der Waals surface area contributed by atoms with Crippen molar-refractivity contribution in [1.82, 2.24) is 0 Å². The van der Waals surface area contributed by atoms with Crippen LogP contribution in [0.4, 0.5) is 0 Å². The van der Waals surface area contributed by atoms with Crippen LogP contribution in [0.5, 0.6) is 11.5 Å². The summed E-state index contributed by atoms with van der Waals surface area (Å²) < 4.78 is 6.59. The highest BCUT2D eigenvalue weighted by atomic mass is 79.9. The van der Waals surface area contributed by atoms with Gasteiger partial charge in [-0.1, -0.05) is 39.7 Å². The van der Waals surface area contributed by atoms with E-state index in [1.165, 1.54) is 0 Å². The van der Waals surface area contributed by atoms with Crippen LogP contribution in [0.1, 0.15) is 18.6 Å². The number of hydrogen-bond acceptors (Lipinski definition) is 2. The molecule has 0 heterocycles. The van der Waals surface area contributed by atoms with Gasteiger partial charge < -0.3 is 9.84 Å². The molecule has 0 spiro atoms.